The zero-order chi connectivity index (χ0) is 12.3. The molecular weight excluding hydrogens is 208 g/mol. The lowest BCUT2D eigenvalue weighted by Crippen LogP contribution is -2.45. The fourth-order valence-corrected chi connectivity index (χ4v) is 2.01. The van der Waals surface area contributed by atoms with Crippen LogP contribution in [0.4, 0.5) is 0 Å². The van der Waals surface area contributed by atoms with E-state index in [9.17, 15) is 9.59 Å². The molecule has 5 nitrogen and oxygen atoms in total. The first-order chi connectivity index (χ1) is 7.43. The van der Waals surface area contributed by atoms with E-state index in [0.29, 0.717) is 6.54 Å². The van der Waals surface area contributed by atoms with Gasteiger partial charge in [-0.3, -0.25) is 9.59 Å². The lowest BCUT2D eigenvalue weighted by atomic mass is 9.96. The molecule has 5 heteroatoms. The molecule has 1 heterocycles. The van der Waals surface area contributed by atoms with Crippen molar-refractivity contribution in [3.8, 4) is 0 Å². The van der Waals surface area contributed by atoms with Gasteiger partial charge in [-0.2, -0.15) is 0 Å². The average molecular weight is 228 g/mol. The van der Waals surface area contributed by atoms with Crippen molar-refractivity contribution >= 4 is 11.9 Å². The minimum atomic E-state index is -0.958. The molecular formula is C11H20N2O3. The number of nitrogens with zero attached hydrogens (tertiary/aromatic N) is 1. The Labute approximate surface area is 95.8 Å². The molecule has 1 aliphatic heterocycles. The van der Waals surface area contributed by atoms with E-state index in [4.69, 9.17) is 5.11 Å². The van der Waals surface area contributed by atoms with E-state index in [2.05, 4.69) is 5.32 Å². The number of nitrogens with one attached hydrogen (secondary N) is 1. The second kappa shape index (κ2) is 5.30. The molecule has 0 aromatic rings. The molecule has 0 saturated carbocycles. The van der Waals surface area contributed by atoms with Crippen LogP contribution < -0.4 is 5.32 Å². The summed E-state index contributed by atoms with van der Waals surface area (Å²) in [4.78, 5) is 24.3. The summed E-state index contributed by atoms with van der Waals surface area (Å²) in [5.74, 6) is -0.806. The summed E-state index contributed by atoms with van der Waals surface area (Å²) >= 11 is 0. The Morgan fingerprint density at radius 1 is 1.44 bits per heavy atom. The first kappa shape index (κ1) is 13.0. The number of hydrogen-bond donors (Lipinski definition) is 2. The lowest BCUT2D eigenvalue weighted by Gasteiger charge is -2.28. The molecule has 2 atom stereocenters. The molecule has 1 rings (SSSR count). The topological polar surface area (TPSA) is 69.6 Å². The average Bonchev–Trinajstić information content (AvgIpc) is 2.59. The molecule has 0 bridgehead atoms. The molecule has 0 radical (unpaired) electrons. The Hall–Kier alpha value is -1.10. The van der Waals surface area contributed by atoms with Crippen LogP contribution in [0.5, 0.6) is 0 Å². The minimum absolute atomic E-state index is 0.0464. The molecule has 2 N–H and O–H groups in total. The highest BCUT2D eigenvalue weighted by atomic mass is 16.4. The summed E-state index contributed by atoms with van der Waals surface area (Å²) in [5, 5.41) is 11.9. The molecule has 0 aromatic heterocycles. The van der Waals surface area contributed by atoms with Crippen LogP contribution in [-0.2, 0) is 9.59 Å². The number of amides is 1. The Kier molecular flexibility index (Phi) is 4.29. The van der Waals surface area contributed by atoms with Crippen LogP contribution in [0.1, 0.15) is 20.8 Å². The van der Waals surface area contributed by atoms with Gasteiger partial charge in [0.2, 0.25) is 5.91 Å². The van der Waals surface area contributed by atoms with Gasteiger partial charge in [-0.25, -0.2) is 0 Å². The maximum atomic E-state index is 12.2. The van der Waals surface area contributed by atoms with Gasteiger partial charge in [0.05, 0.1) is 5.92 Å². The summed E-state index contributed by atoms with van der Waals surface area (Å²) in [6, 6.07) is -0.0728. The summed E-state index contributed by atoms with van der Waals surface area (Å²) in [6.45, 7) is 6.97. The number of carboxylic acids is 1. The van der Waals surface area contributed by atoms with Crippen LogP contribution in [0.25, 0.3) is 0 Å². The van der Waals surface area contributed by atoms with Gasteiger partial charge in [-0.15, -0.1) is 0 Å². The SMILES string of the molecule is CC(C)N(CC(=O)O)C(=O)[C@@H]1CNC[C@H]1C. The molecule has 0 unspecified atom stereocenters. The van der Waals surface area contributed by atoms with E-state index in [-0.39, 0.29) is 30.3 Å². The van der Waals surface area contributed by atoms with Gasteiger partial charge in [-0.05, 0) is 26.3 Å². The van der Waals surface area contributed by atoms with Crippen LogP contribution >= 0.6 is 0 Å². The van der Waals surface area contributed by atoms with Crippen molar-refractivity contribution in [2.75, 3.05) is 19.6 Å². The highest BCUT2D eigenvalue weighted by Gasteiger charge is 2.34. The third-order valence-corrected chi connectivity index (χ3v) is 3.05. The van der Waals surface area contributed by atoms with Crippen molar-refractivity contribution in [3.63, 3.8) is 0 Å². The van der Waals surface area contributed by atoms with E-state index in [1.165, 1.54) is 4.90 Å². The predicted molar refractivity (Wildman–Crippen MR) is 60.0 cm³/mol. The van der Waals surface area contributed by atoms with Crippen molar-refractivity contribution in [1.29, 1.82) is 0 Å². The van der Waals surface area contributed by atoms with Crippen LogP contribution in [0.2, 0.25) is 0 Å². The Morgan fingerprint density at radius 3 is 2.44 bits per heavy atom. The van der Waals surface area contributed by atoms with Gasteiger partial charge in [0.1, 0.15) is 6.54 Å². The van der Waals surface area contributed by atoms with Gasteiger partial charge in [-0.1, -0.05) is 6.92 Å². The number of aliphatic carboxylic acids is 1. The fraction of sp³-hybridized carbons (Fsp3) is 0.818. The predicted octanol–water partition coefficient (Wildman–Crippen LogP) is 0.164. The Balaban J connectivity index is 2.70. The quantitative estimate of drug-likeness (QED) is 0.719. The zero-order valence-corrected chi connectivity index (χ0v) is 10.1. The standard InChI is InChI=1S/C11H20N2O3/c1-7(2)13(6-10(14)15)11(16)9-5-12-4-8(9)3/h7-9,12H,4-6H2,1-3H3,(H,14,15)/t8-,9-/m1/s1. The van der Waals surface area contributed by atoms with Gasteiger partial charge >= 0.3 is 5.97 Å². The highest BCUT2D eigenvalue weighted by Crippen LogP contribution is 2.19. The van der Waals surface area contributed by atoms with E-state index in [1.54, 1.807) is 0 Å². The number of carboxylic acid groups (broad SMARTS) is 1. The summed E-state index contributed by atoms with van der Waals surface area (Å²) in [6.07, 6.45) is 0. The van der Waals surface area contributed by atoms with Gasteiger partial charge in [0.25, 0.3) is 0 Å². The van der Waals surface area contributed by atoms with Crippen LogP contribution in [0.15, 0.2) is 0 Å². The lowest BCUT2D eigenvalue weighted by molar-refractivity contribution is -0.148. The third kappa shape index (κ3) is 2.95. The van der Waals surface area contributed by atoms with Gasteiger partial charge in [0, 0.05) is 12.6 Å². The molecule has 1 saturated heterocycles. The maximum Gasteiger partial charge on any atom is 0.323 e. The van der Waals surface area contributed by atoms with Crippen LogP contribution in [-0.4, -0.2) is 47.6 Å². The zero-order valence-electron chi connectivity index (χ0n) is 10.1. The van der Waals surface area contributed by atoms with E-state index >= 15 is 0 Å². The molecule has 0 aliphatic carbocycles. The van der Waals surface area contributed by atoms with E-state index in [1.807, 2.05) is 20.8 Å². The molecule has 1 amide bonds. The fourth-order valence-electron chi connectivity index (χ4n) is 2.01. The van der Waals surface area contributed by atoms with Crippen molar-refractivity contribution in [1.82, 2.24) is 10.2 Å². The monoisotopic (exact) mass is 228 g/mol. The summed E-state index contributed by atoms with van der Waals surface area (Å²) < 4.78 is 0. The second-order valence-electron chi connectivity index (χ2n) is 4.70. The van der Waals surface area contributed by atoms with Gasteiger partial charge < -0.3 is 15.3 Å². The van der Waals surface area contributed by atoms with Crippen molar-refractivity contribution < 1.29 is 14.7 Å². The minimum Gasteiger partial charge on any atom is -0.480 e. The number of carbonyl (C=O) groups excluding carboxylic acids is 1. The third-order valence-electron chi connectivity index (χ3n) is 3.05. The largest absolute Gasteiger partial charge is 0.480 e. The Morgan fingerprint density at radius 2 is 2.06 bits per heavy atom. The number of hydrogen-bond acceptors (Lipinski definition) is 3. The molecule has 0 spiro atoms. The molecule has 16 heavy (non-hydrogen) atoms. The molecule has 1 aliphatic rings. The first-order valence-corrected chi connectivity index (χ1v) is 5.66. The molecule has 0 aromatic carbocycles. The summed E-state index contributed by atoms with van der Waals surface area (Å²) in [7, 11) is 0. The van der Waals surface area contributed by atoms with Gasteiger partial charge in [0.15, 0.2) is 0 Å². The molecule has 92 valence electrons. The molecule has 1 fully saturated rings. The van der Waals surface area contributed by atoms with Crippen molar-refractivity contribution in [2.45, 2.75) is 26.8 Å². The van der Waals surface area contributed by atoms with E-state index < -0.39 is 5.97 Å². The normalized spacial score (nSPS) is 24.8. The Bertz CT molecular complexity index is 278. The van der Waals surface area contributed by atoms with E-state index in [0.717, 1.165) is 6.54 Å². The van der Waals surface area contributed by atoms with Crippen molar-refractivity contribution in [2.24, 2.45) is 11.8 Å². The number of rotatable bonds is 4. The number of carbonyl (C=O) groups is 2. The van der Waals surface area contributed by atoms with Crippen molar-refractivity contribution in [3.05, 3.63) is 0 Å². The highest BCUT2D eigenvalue weighted by molar-refractivity contribution is 5.84. The smallest absolute Gasteiger partial charge is 0.323 e. The van der Waals surface area contributed by atoms with Crippen LogP contribution in [0, 0.1) is 11.8 Å². The van der Waals surface area contributed by atoms with Crippen LogP contribution in [0.3, 0.4) is 0 Å². The second-order valence-corrected chi connectivity index (χ2v) is 4.70. The maximum absolute atomic E-state index is 12.2. The first-order valence-electron chi connectivity index (χ1n) is 5.66. The summed E-state index contributed by atoms with van der Waals surface area (Å²) in [5.41, 5.74) is 0.